The summed E-state index contributed by atoms with van der Waals surface area (Å²) in [6, 6.07) is 8.73. The van der Waals surface area contributed by atoms with Crippen LogP contribution in [-0.4, -0.2) is 40.5 Å². The number of carbonyl (C=O) groups is 2. The second-order valence-electron chi connectivity index (χ2n) is 9.09. The normalized spacial score (nSPS) is 10.7. The Morgan fingerprint density at radius 2 is 1.53 bits per heavy atom. The largest absolute Gasteiger partial charge is 0.491 e. The van der Waals surface area contributed by atoms with Gasteiger partial charge in [-0.1, -0.05) is 64.3 Å². The number of aryl methyl sites for hydroxylation is 2. The molecule has 0 bridgehead atoms. The molecule has 32 heavy (non-hydrogen) atoms. The van der Waals surface area contributed by atoms with Crippen molar-refractivity contribution in [3.8, 4) is 0 Å². The lowest BCUT2D eigenvalue weighted by Gasteiger charge is -2.30. The molecule has 0 fully saturated rings. The van der Waals surface area contributed by atoms with E-state index in [9.17, 15) is 14.0 Å². The number of hydrazine groups is 1. The van der Waals surface area contributed by atoms with Crippen LogP contribution in [0.2, 0.25) is 0 Å². The van der Waals surface area contributed by atoms with Crippen LogP contribution in [0.15, 0.2) is 36.4 Å². The SMILES string of the molecule is CCC.Cc1cc(C)cc(C(=O)N(CC(C)(C)C)NC(=O)c2ccc(B(O)O)c(F)c2)c1. The highest BCUT2D eigenvalue weighted by Gasteiger charge is 2.25. The highest BCUT2D eigenvalue weighted by Crippen LogP contribution is 2.18. The van der Waals surface area contributed by atoms with E-state index in [1.165, 1.54) is 17.5 Å². The van der Waals surface area contributed by atoms with Gasteiger partial charge in [0.05, 0.1) is 0 Å². The van der Waals surface area contributed by atoms with Crippen molar-refractivity contribution < 1.29 is 24.0 Å². The Bertz CT molecular complexity index is 922. The predicted octanol–water partition coefficient (Wildman–Crippen LogP) is 3.37. The quantitative estimate of drug-likeness (QED) is 0.498. The number of rotatable bonds is 4. The first-order valence-electron chi connectivity index (χ1n) is 10.7. The Labute approximate surface area is 190 Å². The zero-order valence-electron chi connectivity index (χ0n) is 20.0. The summed E-state index contributed by atoms with van der Waals surface area (Å²) in [5, 5.41) is 19.5. The monoisotopic (exact) mass is 444 g/mol. The predicted molar refractivity (Wildman–Crippen MR) is 126 cm³/mol. The first kappa shape index (κ1) is 27.3. The summed E-state index contributed by atoms with van der Waals surface area (Å²) < 4.78 is 14.0. The van der Waals surface area contributed by atoms with Gasteiger partial charge in [0.25, 0.3) is 11.8 Å². The summed E-state index contributed by atoms with van der Waals surface area (Å²) in [6.45, 7) is 14.0. The topological polar surface area (TPSA) is 89.9 Å². The number of amides is 2. The number of nitrogens with zero attached hydrogens (tertiary/aromatic N) is 1. The van der Waals surface area contributed by atoms with Gasteiger partial charge in [0.1, 0.15) is 5.82 Å². The van der Waals surface area contributed by atoms with Crippen LogP contribution >= 0.6 is 0 Å². The molecule has 2 aromatic rings. The fourth-order valence-electron chi connectivity index (χ4n) is 2.96. The van der Waals surface area contributed by atoms with Gasteiger partial charge in [-0.3, -0.25) is 15.0 Å². The van der Waals surface area contributed by atoms with E-state index in [1.54, 1.807) is 12.1 Å². The Morgan fingerprint density at radius 1 is 1.00 bits per heavy atom. The fourth-order valence-corrected chi connectivity index (χ4v) is 2.96. The minimum Gasteiger partial charge on any atom is -0.423 e. The van der Waals surface area contributed by atoms with Crippen molar-refractivity contribution in [1.29, 1.82) is 0 Å². The van der Waals surface area contributed by atoms with Gasteiger partial charge in [-0.05, 0) is 43.5 Å². The first-order valence-corrected chi connectivity index (χ1v) is 10.7. The van der Waals surface area contributed by atoms with Crippen LogP contribution in [0.5, 0.6) is 0 Å². The molecule has 2 aromatic carbocycles. The van der Waals surface area contributed by atoms with Crippen molar-refractivity contribution in [2.45, 2.75) is 54.9 Å². The molecule has 0 heterocycles. The van der Waals surface area contributed by atoms with Gasteiger partial charge >= 0.3 is 7.12 Å². The average molecular weight is 444 g/mol. The molecule has 0 aromatic heterocycles. The van der Waals surface area contributed by atoms with Gasteiger partial charge in [-0.15, -0.1) is 0 Å². The molecular weight excluding hydrogens is 410 g/mol. The smallest absolute Gasteiger partial charge is 0.423 e. The minimum atomic E-state index is -1.98. The Morgan fingerprint density at radius 3 is 1.97 bits per heavy atom. The van der Waals surface area contributed by atoms with E-state index in [-0.39, 0.29) is 28.9 Å². The van der Waals surface area contributed by atoms with Gasteiger partial charge < -0.3 is 10.0 Å². The van der Waals surface area contributed by atoms with E-state index in [2.05, 4.69) is 19.3 Å². The Kier molecular flexibility index (Phi) is 10.1. The second-order valence-corrected chi connectivity index (χ2v) is 9.09. The lowest BCUT2D eigenvalue weighted by molar-refractivity contribution is 0.0509. The van der Waals surface area contributed by atoms with Gasteiger partial charge in [0.15, 0.2) is 0 Å². The molecule has 0 aliphatic carbocycles. The van der Waals surface area contributed by atoms with E-state index in [0.29, 0.717) is 5.56 Å². The molecule has 0 saturated carbocycles. The fraction of sp³-hybridized carbons (Fsp3) is 0.417. The number of benzene rings is 2. The van der Waals surface area contributed by atoms with Gasteiger partial charge in [-0.2, -0.15) is 0 Å². The van der Waals surface area contributed by atoms with Crippen molar-refractivity contribution >= 4 is 24.4 Å². The lowest BCUT2D eigenvalue weighted by Crippen LogP contribution is -2.49. The number of carbonyl (C=O) groups excluding carboxylic acids is 2. The maximum atomic E-state index is 14.0. The standard InChI is InChI=1S/C21H26BFN2O4.C3H8/c1-13-8-14(2)10-16(9-13)20(27)25(12-21(3,4)5)24-19(26)15-6-7-17(22(28)29)18(23)11-15;1-3-2/h6-11,28-29H,12H2,1-5H3,(H,24,26);3H2,1-2H3. The number of halogens is 1. The zero-order valence-corrected chi connectivity index (χ0v) is 20.0. The Balaban J connectivity index is 0.00000161. The third kappa shape index (κ3) is 8.44. The van der Waals surface area contributed by atoms with Crippen molar-refractivity contribution in [1.82, 2.24) is 10.4 Å². The van der Waals surface area contributed by atoms with Crippen LogP contribution in [0.3, 0.4) is 0 Å². The molecule has 0 spiro atoms. The highest BCUT2D eigenvalue weighted by atomic mass is 19.1. The Hall–Kier alpha value is -2.71. The number of hydrogen-bond donors (Lipinski definition) is 3. The van der Waals surface area contributed by atoms with E-state index < -0.39 is 18.8 Å². The zero-order chi connectivity index (χ0) is 24.6. The highest BCUT2D eigenvalue weighted by molar-refractivity contribution is 6.58. The van der Waals surface area contributed by atoms with E-state index >= 15 is 0 Å². The van der Waals surface area contributed by atoms with E-state index in [1.807, 2.05) is 40.7 Å². The van der Waals surface area contributed by atoms with Crippen LogP contribution in [0.1, 0.15) is 72.9 Å². The molecule has 0 atom stereocenters. The maximum Gasteiger partial charge on any atom is 0.491 e. The van der Waals surface area contributed by atoms with Crippen LogP contribution < -0.4 is 10.9 Å². The first-order chi connectivity index (χ1) is 14.8. The summed E-state index contributed by atoms with van der Waals surface area (Å²) in [7, 11) is -1.98. The molecular formula is C24H34BFN2O4. The number of hydrogen-bond acceptors (Lipinski definition) is 4. The number of nitrogens with one attached hydrogen (secondary N) is 1. The van der Waals surface area contributed by atoms with Crippen LogP contribution in [0.25, 0.3) is 0 Å². The van der Waals surface area contributed by atoms with Gasteiger partial charge in [0, 0.05) is 23.1 Å². The van der Waals surface area contributed by atoms with E-state index in [4.69, 9.17) is 10.0 Å². The summed E-state index contributed by atoms with van der Waals surface area (Å²) in [5.41, 5.74) is 4.17. The molecule has 0 unspecified atom stereocenters. The molecule has 174 valence electrons. The average Bonchev–Trinajstić information content (AvgIpc) is 2.65. The summed E-state index contributed by atoms with van der Waals surface area (Å²) >= 11 is 0. The minimum absolute atomic E-state index is 0.0426. The van der Waals surface area contributed by atoms with Crippen molar-refractivity contribution in [2.24, 2.45) is 5.41 Å². The van der Waals surface area contributed by atoms with Crippen LogP contribution in [0.4, 0.5) is 4.39 Å². The molecule has 0 saturated heterocycles. The van der Waals surface area contributed by atoms with Crippen LogP contribution in [0, 0.1) is 25.1 Å². The molecule has 2 rings (SSSR count). The summed E-state index contributed by atoms with van der Waals surface area (Å²) in [5.74, 6) is -1.97. The lowest BCUT2D eigenvalue weighted by atomic mass is 9.79. The van der Waals surface area contributed by atoms with Crippen LogP contribution in [-0.2, 0) is 0 Å². The maximum absolute atomic E-state index is 14.0. The third-order valence-electron chi connectivity index (χ3n) is 4.12. The molecule has 8 heteroatoms. The van der Waals surface area contributed by atoms with Gasteiger partial charge in [0.2, 0.25) is 0 Å². The molecule has 0 aliphatic rings. The van der Waals surface area contributed by atoms with E-state index in [0.717, 1.165) is 23.3 Å². The molecule has 2 amide bonds. The summed E-state index contributed by atoms with van der Waals surface area (Å²) in [6.07, 6.45) is 1.25. The van der Waals surface area contributed by atoms with Crippen molar-refractivity contribution in [3.63, 3.8) is 0 Å². The van der Waals surface area contributed by atoms with Crippen molar-refractivity contribution in [3.05, 3.63) is 64.5 Å². The van der Waals surface area contributed by atoms with Crippen molar-refractivity contribution in [2.75, 3.05) is 6.54 Å². The van der Waals surface area contributed by atoms with Gasteiger partial charge in [-0.25, -0.2) is 9.40 Å². The molecule has 0 radical (unpaired) electrons. The second kappa shape index (κ2) is 11.8. The summed E-state index contributed by atoms with van der Waals surface area (Å²) in [4.78, 5) is 25.7. The molecule has 0 aliphatic heterocycles. The third-order valence-corrected chi connectivity index (χ3v) is 4.12. The molecule has 3 N–H and O–H groups in total. The molecule has 6 nitrogen and oxygen atoms in total.